The zero-order valence-electron chi connectivity index (χ0n) is 14.6. The molecule has 1 amide bonds. The lowest BCUT2D eigenvalue weighted by Gasteiger charge is -2.06. The van der Waals surface area contributed by atoms with Crippen molar-refractivity contribution < 1.29 is 13.2 Å². The number of imidazole rings is 1. The number of hydrogen-bond donors (Lipinski definition) is 2. The van der Waals surface area contributed by atoms with Crippen molar-refractivity contribution in [3.63, 3.8) is 0 Å². The summed E-state index contributed by atoms with van der Waals surface area (Å²) in [5.74, 6) is 0.0589. The quantitative estimate of drug-likeness (QED) is 0.575. The number of thioether (sulfide) groups is 1. The molecule has 0 atom stereocenters. The number of carbonyl (C=O) groups is 1. The number of fused-ring (bicyclic) bond motifs is 1. The molecule has 0 radical (unpaired) electrons. The maximum absolute atomic E-state index is 12.1. The SMILES string of the molecule is CCn1c(SCC(=O)NCc2ccccn2)nc2cc(S(N)(=O)=O)ccc21. The lowest BCUT2D eigenvalue weighted by Crippen LogP contribution is -2.25. The summed E-state index contributed by atoms with van der Waals surface area (Å²) in [6.45, 7) is 2.96. The van der Waals surface area contributed by atoms with Gasteiger partial charge in [0.25, 0.3) is 0 Å². The van der Waals surface area contributed by atoms with Crippen LogP contribution in [0.15, 0.2) is 52.6 Å². The molecule has 0 fully saturated rings. The van der Waals surface area contributed by atoms with Crippen LogP contribution in [0, 0.1) is 0 Å². The minimum atomic E-state index is -3.79. The van der Waals surface area contributed by atoms with Crippen LogP contribution in [-0.4, -0.2) is 34.6 Å². The van der Waals surface area contributed by atoms with E-state index < -0.39 is 10.0 Å². The average Bonchev–Trinajstić information content (AvgIpc) is 3.01. The van der Waals surface area contributed by atoms with E-state index in [0.29, 0.717) is 23.8 Å². The van der Waals surface area contributed by atoms with Gasteiger partial charge in [-0.3, -0.25) is 9.78 Å². The molecule has 10 heteroatoms. The summed E-state index contributed by atoms with van der Waals surface area (Å²) in [5, 5.41) is 8.64. The van der Waals surface area contributed by atoms with E-state index in [4.69, 9.17) is 5.14 Å². The third kappa shape index (κ3) is 4.65. The van der Waals surface area contributed by atoms with Crippen molar-refractivity contribution in [3.05, 3.63) is 48.3 Å². The molecule has 8 nitrogen and oxygen atoms in total. The third-order valence-electron chi connectivity index (χ3n) is 3.85. The Bertz CT molecular complexity index is 1060. The highest BCUT2D eigenvalue weighted by atomic mass is 32.2. The second-order valence-electron chi connectivity index (χ2n) is 5.72. The topological polar surface area (TPSA) is 120 Å². The smallest absolute Gasteiger partial charge is 0.238 e. The van der Waals surface area contributed by atoms with Crippen molar-refractivity contribution in [2.24, 2.45) is 5.14 Å². The Kier molecular flexibility index (Phi) is 5.78. The van der Waals surface area contributed by atoms with Crippen LogP contribution in [0.5, 0.6) is 0 Å². The Morgan fingerprint density at radius 2 is 2.11 bits per heavy atom. The summed E-state index contributed by atoms with van der Waals surface area (Å²) in [5.41, 5.74) is 2.10. The lowest BCUT2D eigenvalue weighted by molar-refractivity contribution is -0.118. The molecule has 142 valence electrons. The van der Waals surface area contributed by atoms with Gasteiger partial charge < -0.3 is 9.88 Å². The molecule has 0 saturated carbocycles. The molecule has 3 rings (SSSR count). The fraction of sp³-hybridized carbons (Fsp3) is 0.235. The largest absolute Gasteiger partial charge is 0.350 e. The summed E-state index contributed by atoms with van der Waals surface area (Å²) >= 11 is 1.29. The van der Waals surface area contributed by atoms with Crippen molar-refractivity contribution in [3.8, 4) is 0 Å². The van der Waals surface area contributed by atoms with Crippen LogP contribution in [0.1, 0.15) is 12.6 Å². The van der Waals surface area contributed by atoms with Crippen LogP contribution in [-0.2, 0) is 27.9 Å². The Morgan fingerprint density at radius 1 is 1.30 bits per heavy atom. The number of nitrogens with one attached hydrogen (secondary N) is 1. The number of primary sulfonamides is 1. The molecule has 3 aromatic rings. The molecule has 27 heavy (non-hydrogen) atoms. The average molecular weight is 406 g/mol. The molecule has 0 aliphatic carbocycles. The van der Waals surface area contributed by atoms with Crippen LogP contribution in [0.4, 0.5) is 0 Å². The van der Waals surface area contributed by atoms with Gasteiger partial charge in [-0.15, -0.1) is 0 Å². The van der Waals surface area contributed by atoms with Gasteiger partial charge in [0.1, 0.15) is 0 Å². The normalized spacial score (nSPS) is 11.6. The van der Waals surface area contributed by atoms with Crippen LogP contribution >= 0.6 is 11.8 Å². The number of aryl methyl sites for hydroxylation is 1. The first kappa shape index (κ1) is 19.3. The van der Waals surface area contributed by atoms with Crippen molar-refractivity contribution in [2.75, 3.05) is 5.75 Å². The van der Waals surface area contributed by atoms with E-state index in [9.17, 15) is 13.2 Å². The molecular formula is C17H19N5O3S2. The molecule has 1 aromatic carbocycles. The van der Waals surface area contributed by atoms with Crippen LogP contribution in [0.2, 0.25) is 0 Å². The van der Waals surface area contributed by atoms with E-state index >= 15 is 0 Å². The fourth-order valence-electron chi connectivity index (χ4n) is 2.55. The van der Waals surface area contributed by atoms with Crippen molar-refractivity contribution in [2.45, 2.75) is 30.1 Å². The minimum Gasteiger partial charge on any atom is -0.350 e. The Balaban J connectivity index is 1.71. The summed E-state index contributed by atoms with van der Waals surface area (Å²) in [7, 11) is -3.79. The number of aromatic nitrogens is 3. The van der Waals surface area contributed by atoms with Gasteiger partial charge in [-0.25, -0.2) is 18.5 Å². The molecule has 0 bridgehead atoms. The van der Waals surface area contributed by atoms with Gasteiger partial charge in [-0.05, 0) is 37.3 Å². The number of rotatable bonds is 7. The number of benzene rings is 1. The first-order valence-corrected chi connectivity index (χ1v) is 10.7. The van der Waals surface area contributed by atoms with Crippen LogP contribution in [0.25, 0.3) is 11.0 Å². The molecule has 0 aliphatic rings. The van der Waals surface area contributed by atoms with Gasteiger partial charge in [0, 0.05) is 12.7 Å². The number of nitrogens with zero attached hydrogens (tertiary/aromatic N) is 3. The highest BCUT2D eigenvalue weighted by molar-refractivity contribution is 7.99. The standard InChI is InChI=1S/C17H19N5O3S2/c1-2-22-15-7-6-13(27(18,24)25)9-14(15)21-17(22)26-11-16(23)20-10-12-5-3-4-8-19-12/h3-9H,2,10-11H2,1H3,(H,20,23)(H2,18,24,25). The van der Waals surface area contributed by atoms with E-state index in [1.54, 1.807) is 12.3 Å². The van der Waals surface area contributed by atoms with Crippen molar-refractivity contribution >= 4 is 38.7 Å². The number of amides is 1. The van der Waals surface area contributed by atoms with E-state index in [1.165, 1.54) is 23.9 Å². The Hall–Kier alpha value is -2.43. The number of sulfonamides is 1. The highest BCUT2D eigenvalue weighted by Gasteiger charge is 2.15. The lowest BCUT2D eigenvalue weighted by atomic mass is 10.3. The minimum absolute atomic E-state index is 0.0143. The summed E-state index contributed by atoms with van der Waals surface area (Å²) in [4.78, 5) is 20.7. The second-order valence-corrected chi connectivity index (χ2v) is 8.22. The highest BCUT2D eigenvalue weighted by Crippen LogP contribution is 2.25. The van der Waals surface area contributed by atoms with E-state index in [0.717, 1.165) is 11.2 Å². The first-order valence-electron chi connectivity index (χ1n) is 8.21. The predicted molar refractivity (Wildman–Crippen MR) is 104 cm³/mol. The number of nitrogens with two attached hydrogens (primary N) is 1. The number of hydrogen-bond acceptors (Lipinski definition) is 6. The predicted octanol–water partition coefficient (Wildman–Crippen LogP) is 1.51. The summed E-state index contributed by atoms with van der Waals surface area (Å²) in [6, 6.07) is 10.1. The number of carbonyl (C=O) groups excluding carboxylic acids is 1. The molecule has 0 aliphatic heterocycles. The first-order chi connectivity index (χ1) is 12.9. The van der Waals surface area contributed by atoms with Crippen molar-refractivity contribution in [1.29, 1.82) is 0 Å². The van der Waals surface area contributed by atoms with Gasteiger partial charge in [-0.2, -0.15) is 0 Å². The van der Waals surface area contributed by atoms with Crippen LogP contribution < -0.4 is 10.5 Å². The van der Waals surface area contributed by atoms with E-state index in [2.05, 4.69) is 15.3 Å². The second kappa shape index (κ2) is 8.07. The number of pyridine rings is 1. The molecule has 0 spiro atoms. The van der Waals surface area contributed by atoms with Gasteiger partial charge in [-0.1, -0.05) is 17.8 Å². The Labute approximate surface area is 161 Å². The zero-order valence-corrected chi connectivity index (χ0v) is 16.3. The zero-order chi connectivity index (χ0) is 19.4. The fourth-order valence-corrected chi connectivity index (χ4v) is 4.00. The van der Waals surface area contributed by atoms with Crippen molar-refractivity contribution in [1.82, 2.24) is 19.9 Å². The molecular weight excluding hydrogens is 386 g/mol. The third-order valence-corrected chi connectivity index (χ3v) is 5.74. The van der Waals surface area contributed by atoms with Crippen LogP contribution in [0.3, 0.4) is 0 Å². The maximum atomic E-state index is 12.1. The summed E-state index contributed by atoms with van der Waals surface area (Å²) < 4.78 is 25.0. The summed E-state index contributed by atoms with van der Waals surface area (Å²) in [6.07, 6.45) is 1.68. The van der Waals surface area contributed by atoms with Gasteiger partial charge in [0.05, 0.1) is 33.9 Å². The maximum Gasteiger partial charge on any atom is 0.238 e. The Morgan fingerprint density at radius 3 is 2.78 bits per heavy atom. The van der Waals surface area contributed by atoms with Gasteiger partial charge >= 0.3 is 0 Å². The van der Waals surface area contributed by atoms with Gasteiger partial charge in [0.15, 0.2) is 5.16 Å². The monoisotopic (exact) mass is 405 g/mol. The van der Waals surface area contributed by atoms with Gasteiger partial charge in [0.2, 0.25) is 15.9 Å². The molecule has 0 saturated heterocycles. The molecule has 2 heterocycles. The molecule has 0 unspecified atom stereocenters. The molecule has 3 N–H and O–H groups in total. The van der Waals surface area contributed by atoms with E-state index in [-0.39, 0.29) is 16.6 Å². The van der Waals surface area contributed by atoms with E-state index in [1.807, 2.05) is 29.7 Å². The molecule has 2 aromatic heterocycles.